The summed E-state index contributed by atoms with van der Waals surface area (Å²) in [5.41, 5.74) is 1.08. The van der Waals surface area contributed by atoms with Crippen molar-refractivity contribution < 1.29 is 4.79 Å². The number of nitrogens with zero attached hydrogens (tertiary/aromatic N) is 3. The molecule has 2 heterocycles. The molecule has 1 saturated carbocycles. The summed E-state index contributed by atoms with van der Waals surface area (Å²) in [5, 5.41) is 8.55. The van der Waals surface area contributed by atoms with Crippen molar-refractivity contribution >= 4 is 22.6 Å². The number of amides is 1. The molecule has 1 N–H and O–H groups in total. The van der Waals surface area contributed by atoms with Crippen LogP contribution in [-0.4, -0.2) is 20.3 Å². The van der Waals surface area contributed by atoms with Gasteiger partial charge in [0.2, 0.25) is 5.91 Å². The highest BCUT2D eigenvalue weighted by Crippen LogP contribution is 2.31. The predicted octanol–water partition coefficient (Wildman–Crippen LogP) is 3.59. The largest absolute Gasteiger partial charge is 0.338 e. The average Bonchev–Trinajstić information content (AvgIpc) is 3.28. The Balaban J connectivity index is 1.49. The smallest absolute Gasteiger partial charge is 0.245 e. The van der Waals surface area contributed by atoms with Crippen LogP contribution in [0.5, 0.6) is 0 Å². The van der Waals surface area contributed by atoms with Crippen LogP contribution in [0.3, 0.4) is 0 Å². The first kappa shape index (κ1) is 14.1. The van der Waals surface area contributed by atoms with Gasteiger partial charge in [-0.2, -0.15) is 5.10 Å². The minimum atomic E-state index is -0.0221. The van der Waals surface area contributed by atoms with E-state index in [2.05, 4.69) is 16.5 Å². The molecule has 3 aromatic rings. The van der Waals surface area contributed by atoms with E-state index in [1.54, 1.807) is 6.20 Å². The number of para-hydroxylation sites is 1. The van der Waals surface area contributed by atoms with E-state index in [1.165, 1.54) is 12.8 Å². The maximum absolute atomic E-state index is 12.4. The number of hydrogen-bond donors (Lipinski definition) is 1. The summed E-state index contributed by atoms with van der Waals surface area (Å²) in [7, 11) is 0. The van der Waals surface area contributed by atoms with Crippen molar-refractivity contribution in [3.05, 3.63) is 48.8 Å². The summed E-state index contributed by atoms with van der Waals surface area (Å²) in [6.45, 7) is 0.309. The Hall–Kier alpha value is -2.56. The molecule has 0 atom stereocenters. The van der Waals surface area contributed by atoms with Crippen LogP contribution in [-0.2, 0) is 11.3 Å². The average molecular weight is 308 g/mol. The molecule has 1 aromatic carbocycles. The third-order valence-corrected chi connectivity index (χ3v) is 4.60. The number of nitrogens with one attached hydrogen (secondary N) is 1. The third kappa shape index (κ3) is 2.74. The van der Waals surface area contributed by atoms with Crippen molar-refractivity contribution in [1.29, 1.82) is 0 Å². The number of hydrogen-bond acceptors (Lipinski definition) is 2. The van der Waals surface area contributed by atoms with Gasteiger partial charge in [-0.1, -0.05) is 31.0 Å². The van der Waals surface area contributed by atoms with Gasteiger partial charge in [-0.15, -0.1) is 0 Å². The lowest BCUT2D eigenvalue weighted by molar-refractivity contribution is -0.116. The van der Waals surface area contributed by atoms with Crippen LogP contribution >= 0.6 is 0 Å². The Morgan fingerprint density at radius 2 is 2.00 bits per heavy atom. The fourth-order valence-electron chi connectivity index (χ4n) is 3.47. The molecule has 1 aliphatic rings. The topological polar surface area (TPSA) is 51.9 Å². The molecule has 4 rings (SSSR count). The molecular weight excluding hydrogens is 288 g/mol. The molecule has 23 heavy (non-hydrogen) atoms. The minimum absolute atomic E-state index is 0.0221. The molecule has 1 amide bonds. The van der Waals surface area contributed by atoms with E-state index in [1.807, 2.05) is 45.8 Å². The monoisotopic (exact) mass is 308 g/mol. The summed E-state index contributed by atoms with van der Waals surface area (Å²) in [6, 6.07) is 12.4. The third-order valence-electron chi connectivity index (χ3n) is 4.60. The van der Waals surface area contributed by atoms with E-state index in [0.29, 0.717) is 12.6 Å². The molecular formula is C18H20N4O. The van der Waals surface area contributed by atoms with Crippen molar-refractivity contribution in [3.63, 3.8) is 0 Å². The first-order valence-electron chi connectivity index (χ1n) is 8.18. The lowest BCUT2D eigenvalue weighted by Crippen LogP contribution is -2.21. The number of rotatable bonds is 4. The van der Waals surface area contributed by atoms with Gasteiger partial charge in [-0.25, -0.2) is 4.68 Å². The molecule has 5 heteroatoms. The fraction of sp³-hybridized carbons (Fsp3) is 0.333. The molecule has 0 spiro atoms. The van der Waals surface area contributed by atoms with Gasteiger partial charge in [0.15, 0.2) is 0 Å². The number of fused-ring (bicyclic) bond motifs is 1. The molecule has 0 bridgehead atoms. The molecule has 118 valence electrons. The minimum Gasteiger partial charge on any atom is -0.338 e. The van der Waals surface area contributed by atoms with E-state index >= 15 is 0 Å². The Labute approximate surface area is 134 Å². The summed E-state index contributed by atoms with van der Waals surface area (Å²) in [6.07, 6.45) is 8.50. The molecule has 0 aliphatic heterocycles. The summed E-state index contributed by atoms with van der Waals surface area (Å²) in [5.74, 6) is 0.782. The zero-order valence-electron chi connectivity index (χ0n) is 13.0. The van der Waals surface area contributed by atoms with E-state index in [0.717, 1.165) is 29.6 Å². The number of aromatic nitrogens is 3. The SMILES string of the molecule is O=C(Cn1ccc2ccccc21)Nc1ccnn1C1CCCC1. The lowest BCUT2D eigenvalue weighted by Gasteiger charge is -2.15. The van der Waals surface area contributed by atoms with Crippen LogP contribution in [0.4, 0.5) is 5.82 Å². The van der Waals surface area contributed by atoms with Gasteiger partial charge in [0.1, 0.15) is 12.4 Å². The first-order valence-corrected chi connectivity index (χ1v) is 8.18. The predicted molar refractivity (Wildman–Crippen MR) is 90.3 cm³/mol. The molecule has 1 aliphatic carbocycles. The van der Waals surface area contributed by atoms with Gasteiger partial charge in [0, 0.05) is 17.8 Å². The molecule has 5 nitrogen and oxygen atoms in total. The Morgan fingerprint density at radius 3 is 2.87 bits per heavy atom. The Kier molecular flexibility index (Phi) is 3.61. The van der Waals surface area contributed by atoms with E-state index in [4.69, 9.17) is 0 Å². The highest BCUT2D eigenvalue weighted by molar-refractivity contribution is 5.91. The van der Waals surface area contributed by atoms with Crippen molar-refractivity contribution in [2.24, 2.45) is 0 Å². The van der Waals surface area contributed by atoms with Gasteiger partial charge >= 0.3 is 0 Å². The van der Waals surface area contributed by atoms with E-state index in [9.17, 15) is 4.79 Å². The van der Waals surface area contributed by atoms with Gasteiger partial charge in [0.05, 0.1) is 12.2 Å². The number of benzene rings is 1. The van der Waals surface area contributed by atoms with Gasteiger partial charge in [-0.3, -0.25) is 4.79 Å². The van der Waals surface area contributed by atoms with Crippen LogP contribution in [0.1, 0.15) is 31.7 Å². The second-order valence-electron chi connectivity index (χ2n) is 6.15. The molecule has 0 radical (unpaired) electrons. The number of carbonyl (C=O) groups is 1. The van der Waals surface area contributed by atoms with Crippen LogP contribution in [0, 0.1) is 0 Å². The first-order chi connectivity index (χ1) is 11.3. The van der Waals surface area contributed by atoms with Crippen molar-refractivity contribution in [3.8, 4) is 0 Å². The van der Waals surface area contributed by atoms with Gasteiger partial charge in [-0.05, 0) is 30.4 Å². The quantitative estimate of drug-likeness (QED) is 0.800. The summed E-state index contributed by atoms with van der Waals surface area (Å²) in [4.78, 5) is 12.4. The molecule has 0 saturated heterocycles. The van der Waals surface area contributed by atoms with Crippen LogP contribution < -0.4 is 5.32 Å². The van der Waals surface area contributed by atoms with Crippen molar-refractivity contribution in [2.75, 3.05) is 5.32 Å². The van der Waals surface area contributed by atoms with Crippen molar-refractivity contribution in [1.82, 2.24) is 14.3 Å². The Morgan fingerprint density at radius 1 is 1.17 bits per heavy atom. The highest BCUT2D eigenvalue weighted by Gasteiger charge is 2.20. The summed E-state index contributed by atoms with van der Waals surface area (Å²) >= 11 is 0. The van der Waals surface area contributed by atoms with Crippen molar-refractivity contribution in [2.45, 2.75) is 38.3 Å². The van der Waals surface area contributed by atoms with E-state index < -0.39 is 0 Å². The van der Waals surface area contributed by atoms with Gasteiger partial charge in [0.25, 0.3) is 0 Å². The van der Waals surface area contributed by atoms with Crippen LogP contribution in [0.15, 0.2) is 48.8 Å². The number of anilines is 1. The zero-order chi connectivity index (χ0) is 15.6. The fourth-order valence-corrected chi connectivity index (χ4v) is 3.47. The Bertz CT molecular complexity index is 826. The van der Waals surface area contributed by atoms with Crippen LogP contribution in [0.2, 0.25) is 0 Å². The van der Waals surface area contributed by atoms with Crippen LogP contribution in [0.25, 0.3) is 10.9 Å². The number of carbonyl (C=O) groups excluding carboxylic acids is 1. The maximum Gasteiger partial charge on any atom is 0.245 e. The second-order valence-corrected chi connectivity index (χ2v) is 6.15. The highest BCUT2D eigenvalue weighted by atomic mass is 16.2. The second kappa shape index (κ2) is 5.91. The van der Waals surface area contributed by atoms with Gasteiger partial charge < -0.3 is 9.88 Å². The standard InChI is InChI=1S/C18H20N4O/c23-18(13-21-12-10-14-5-1-4-8-16(14)21)20-17-9-11-19-22(17)15-6-2-3-7-15/h1,4-5,8-12,15H,2-3,6-7,13H2,(H,20,23). The lowest BCUT2D eigenvalue weighted by atomic mass is 10.2. The zero-order valence-corrected chi connectivity index (χ0v) is 13.0. The molecule has 1 fully saturated rings. The van der Waals surface area contributed by atoms with E-state index in [-0.39, 0.29) is 5.91 Å². The maximum atomic E-state index is 12.4. The summed E-state index contributed by atoms with van der Waals surface area (Å²) < 4.78 is 3.94. The molecule has 0 unspecified atom stereocenters. The molecule has 2 aromatic heterocycles. The normalized spacial score (nSPS) is 15.3.